The second-order valence-electron chi connectivity index (χ2n) is 5.41. The minimum Gasteiger partial charge on any atom is -0.253 e. The SMILES string of the molecule is CCS(=O)(=O)c1cc(C)cnc1-c1ccn2nc(C(F)(F)F)cc2n1. The summed E-state index contributed by atoms with van der Waals surface area (Å²) in [7, 11) is -3.58. The predicted molar refractivity (Wildman–Crippen MR) is 83.7 cm³/mol. The number of aromatic nitrogens is 4. The van der Waals surface area contributed by atoms with Crippen molar-refractivity contribution < 1.29 is 21.6 Å². The topological polar surface area (TPSA) is 77.2 Å². The Hall–Kier alpha value is -2.49. The van der Waals surface area contributed by atoms with Crippen molar-refractivity contribution in [3.63, 3.8) is 0 Å². The lowest BCUT2D eigenvalue weighted by molar-refractivity contribution is -0.141. The molecule has 0 aliphatic heterocycles. The van der Waals surface area contributed by atoms with Gasteiger partial charge in [0.05, 0.1) is 16.3 Å². The largest absolute Gasteiger partial charge is 0.435 e. The lowest BCUT2D eigenvalue weighted by Crippen LogP contribution is -2.08. The van der Waals surface area contributed by atoms with E-state index in [9.17, 15) is 21.6 Å². The summed E-state index contributed by atoms with van der Waals surface area (Å²) in [6.07, 6.45) is -1.82. The average molecular weight is 370 g/mol. The van der Waals surface area contributed by atoms with E-state index in [-0.39, 0.29) is 27.7 Å². The van der Waals surface area contributed by atoms with Crippen molar-refractivity contribution >= 4 is 15.5 Å². The fraction of sp³-hybridized carbons (Fsp3) is 0.267. The Morgan fingerprint density at radius 3 is 2.60 bits per heavy atom. The Balaban J connectivity index is 2.20. The lowest BCUT2D eigenvalue weighted by atomic mass is 10.2. The molecule has 3 rings (SSSR count). The van der Waals surface area contributed by atoms with Crippen LogP contribution in [0.2, 0.25) is 0 Å². The fourth-order valence-electron chi connectivity index (χ4n) is 2.28. The van der Waals surface area contributed by atoms with Crippen molar-refractivity contribution in [2.24, 2.45) is 0 Å². The number of alkyl halides is 3. The Morgan fingerprint density at radius 1 is 1.24 bits per heavy atom. The molecule has 25 heavy (non-hydrogen) atoms. The van der Waals surface area contributed by atoms with Crippen molar-refractivity contribution in [1.29, 1.82) is 0 Å². The molecule has 10 heteroatoms. The number of rotatable bonds is 3. The number of pyridine rings is 1. The summed E-state index contributed by atoms with van der Waals surface area (Å²) in [6.45, 7) is 3.21. The molecular weight excluding hydrogens is 357 g/mol. The maximum atomic E-state index is 12.8. The Bertz CT molecular complexity index is 1060. The molecule has 0 spiro atoms. The van der Waals surface area contributed by atoms with E-state index >= 15 is 0 Å². The zero-order valence-corrected chi connectivity index (χ0v) is 14.1. The monoisotopic (exact) mass is 370 g/mol. The molecule has 0 N–H and O–H groups in total. The second-order valence-corrected chi connectivity index (χ2v) is 7.65. The van der Waals surface area contributed by atoms with Gasteiger partial charge in [-0.3, -0.25) is 4.98 Å². The molecule has 0 aromatic carbocycles. The Morgan fingerprint density at radius 2 is 1.96 bits per heavy atom. The van der Waals surface area contributed by atoms with Gasteiger partial charge in [-0.15, -0.1) is 0 Å². The first-order valence-corrected chi connectivity index (χ1v) is 8.90. The predicted octanol–water partition coefficient (Wildman–Crippen LogP) is 2.91. The molecule has 3 aromatic heterocycles. The first-order chi connectivity index (χ1) is 11.6. The van der Waals surface area contributed by atoms with Gasteiger partial charge in [-0.05, 0) is 24.6 Å². The summed E-state index contributed by atoms with van der Waals surface area (Å²) in [5.74, 6) is -0.127. The Kier molecular flexibility index (Phi) is 4.02. The number of halogens is 3. The zero-order chi connectivity index (χ0) is 18.4. The van der Waals surface area contributed by atoms with E-state index < -0.39 is 21.7 Å². The summed E-state index contributed by atoms with van der Waals surface area (Å²) in [4.78, 5) is 8.23. The van der Waals surface area contributed by atoms with Gasteiger partial charge >= 0.3 is 6.18 Å². The minimum atomic E-state index is -4.59. The van der Waals surface area contributed by atoms with Crippen LogP contribution in [0.25, 0.3) is 17.0 Å². The van der Waals surface area contributed by atoms with E-state index in [2.05, 4.69) is 15.1 Å². The molecule has 0 saturated heterocycles. The molecular formula is C15H13F3N4O2S. The van der Waals surface area contributed by atoms with Gasteiger partial charge in [0.2, 0.25) is 0 Å². The van der Waals surface area contributed by atoms with Crippen LogP contribution in [0.3, 0.4) is 0 Å². The molecule has 3 aromatic rings. The molecule has 0 bridgehead atoms. The van der Waals surface area contributed by atoms with Crippen LogP contribution >= 0.6 is 0 Å². The van der Waals surface area contributed by atoms with Gasteiger partial charge in [0.25, 0.3) is 0 Å². The van der Waals surface area contributed by atoms with Gasteiger partial charge in [0, 0.05) is 18.5 Å². The van der Waals surface area contributed by atoms with Crippen molar-refractivity contribution in [2.45, 2.75) is 24.9 Å². The van der Waals surface area contributed by atoms with Crippen molar-refractivity contribution in [3.05, 3.63) is 41.9 Å². The molecule has 0 fully saturated rings. The molecule has 0 aliphatic rings. The van der Waals surface area contributed by atoms with Gasteiger partial charge < -0.3 is 0 Å². The molecule has 0 radical (unpaired) electrons. The highest BCUT2D eigenvalue weighted by Gasteiger charge is 2.34. The van der Waals surface area contributed by atoms with Crippen LogP contribution in [0.1, 0.15) is 18.2 Å². The van der Waals surface area contributed by atoms with E-state index in [1.165, 1.54) is 31.5 Å². The van der Waals surface area contributed by atoms with Crippen molar-refractivity contribution in [3.8, 4) is 11.4 Å². The van der Waals surface area contributed by atoms with Crippen LogP contribution in [0, 0.1) is 6.92 Å². The van der Waals surface area contributed by atoms with E-state index in [1.807, 2.05) is 0 Å². The van der Waals surface area contributed by atoms with Gasteiger partial charge in [-0.1, -0.05) is 6.92 Å². The van der Waals surface area contributed by atoms with Gasteiger partial charge in [0.1, 0.15) is 5.69 Å². The number of nitrogens with zero attached hydrogens (tertiary/aromatic N) is 4. The summed E-state index contributed by atoms with van der Waals surface area (Å²) in [5.41, 5.74) is -0.208. The third kappa shape index (κ3) is 3.21. The molecule has 0 unspecified atom stereocenters. The van der Waals surface area contributed by atoms with Crippen molar-refractivity contribution in [2.75, 3.05) is 5.75 Å². The van der Waals surface area contributed by atoms with E-state index in [0.29, 0.717) is 5.56 Å². The van der Waals surface area contributed by atoms with Gasteiger partial charge in [-0.2, -0.15) is 18.3 Å². The number of sulfone groups is 1. The van der Waals surface area contributed by atoms with Crippen molar-refractivity contribution in [1.82, 2.24) is 19.6 Å². The first-order valence-electron chi connectivity index (χ1n) is 7.25. The van der Waals surface area contributed by atoms with Crippen LogP contribution in [0.15, 0.2) is 35.5 Å². The molecule has 0 amide bonds. The highest BCUT2D eigenvalue weighted by atomic mass is 32.2. The van der Waals surface area contributed by atoms with Crippen LogP contribution in [0.4, 0.5) is 13.2 Å². The zero-order valence-electron chi connectivity index (χ0n) is 13.2. The van der Waals surface area contributed by atoms with Crippen LogP contribution in [-0.4, -0.2) is 33.8 Å². The smallest absolute Gasteiger partial charge is 0.253 e. The lowest BCUT2D eigenvalue weighted by Gasteiger charge is -2.09. The summed E-state index contributed by atoms with van der Waals surface area (Å²) < 4.78 is 63.9. The second kappa shape index (κ2) is 5.80. The maximum Gasteiger partial charge on any atom is 0.435 e. The van der Waals surface area contributed by atoms with E-state index in [4.69, 9.17) is 0 Å². The minimum absolute atomic E-state index is 0.00223. The third-order valence-corrected chi connectivity index (χ3v) is 5.30. The third-order valence-electron chi connectivity index (χ3n) is 3.56. The van der Waals surface area contributed by atoms with E-state index in [0.717, 1.165) is 10.6 Å². The summed E-state index contributed by atoms with van der Waals surface area (Å²) in [5, 5.41) is 3.41. The Labute approximate surface area is 141 Å². The van der Waals surface area contributed by atoms with Crippen LogP contribution in [0.5, 0.6) is 0 Å². The fourth-order valence-corrected chi connectivity index (χ4v) is 3.41. The molecule has 132 valence electrons. The maximum absolute atomic E-state index is 12.8. The van der Waals surface area contributed by atoms with Gasteiger partial charge in [-0.25, -0.2) is 17.9 Å². The number of aryl methyl sites for hydroxylation is 1. The van der Waals surface area contributed by atoms with Crippen LogP contribution < -0.4 is 0 Å². The van der Waals surface area contributed by atoms with Gasteiger partial charge in [0.15, 0.2) is 21.2 Å². The van der Waals surface area contributed by atoms with E-state index in [1.54, 1.807) is 6.92 Å². The highest BCUT2D eigenvalue weighted by molar-refractivity contribution is 7.91. The highest BCUT2D eigenvalue weighted by Crippen LogP contribution is 2.30. The average Bonchev–Trinajstić information content (AvgIpc) is 2.98. The summed E-state index contributed by atoms with van der Waals surface area (Å²) >= 11 is 0. The standard InChI is InChI=1S/C15H13F3N4O2S/c1-3-25(23,24)11-6-9(2)8-19-14(11)10-4-5-22-13(20-10)7-12(21-22)15(16,17)18/h4-8H,3H2,1-2H3. The molecule has 0 aliphatic carbocycles. The number of fused-ring (bicyclic) bond motifs is 1. The molecule has 0 atom stereocenters. The van der Waals surface area contributed by atoms with Crippen LogP contribution in [-0.2, 0) is 16.0 Å². The molecule has 6 nitrogen and oxygen atoms in total. The first kappa shape index (κ1) is 17.3. The molecule has 3 heterocycles. The number of hydrogen-bond donors (Lipinski definition) is 0. The number of hydrogen-bond acceptors (Lipinski definition) is 5. The normalized spacial score (nSPS) is 12.7. The molecule has 0 saturated carbocycles. The quantitative estimate of drug-likeness (QED) is 0.708. The summed E-state index contributed by atoms with van der Waals surface area (Å²) in [6, 6.07) is 3.66.